The molecule has 6 heterocycles. The monoisotopic (exact) mass is 989 g/mol. The van der Waals surface area contributed by atoms with Crippen LogP contribution >= 0.6 is 39.1 Å². The van der Waals surface area contributed by atoms with Crippen LogP contribution in [0.1, 0.15) is 42.6 Å². The Kier molecular flexibility index (Phi) is 14.6. The lowest BCUT2D eigenvalue weighted by molar-refractivity contribution is 0.265. The van der Waals surface area contributed by atoms with E-state index >= 15 is 0 Å². The molecule has 2 saturated heterocycles. The summed E-state index contributed by atoms with van der Waals surface area (Å²) in [4.78, 5) is 13.5. The standard InChI is InChI=1S/C23H27ClN6O2.C12H18N4O.C10H9BrClN3O/c1-14-6-17(24)8-19(7-14)32-23-26-21(28-29(23)2)10-20-15-4-5-16(20)13-30(12-15)18-9-22(31-3)27-25-11-18;1-17-11-4-10(5-14-15-11)16-6-8-2-3-9(7-16)12(8)13;1-6-3-7(12)5-8(4-6)16-10-13-9(11)14-15(10)2/h6-9,11,15-16,20H,4-5,10,12-13H2,1-3H3;4-5,8-9,12H,2-3,6-7,13H2,1H3;3-5H,1-2H3. The number of ether oxygens (including phenoxy) is 4. The molecule has 6 aromatic rings. The zero-order valence-corrected chi connectivity index (χ0v) is 40.4. The van der Waals surface area contributed by atoms with E-state index in [0.29, 0.717) is 85.7 Å². The molecule has 0 amide bonds. The predicted octanol–water partition coefficient (Wildman–Crippen LogP) is 8.06. The molecular weight excluding hydrogens is 937 g/mol. The van der Waals surface area contributed by atoms with Gasteiger partial charge >= 0.3 is 12.0 Å². The first-order valence-corrected chi connectivity index (χ1v) is 23.2. The summed E-state index contributed by atoms with van der Waals surface area (Å²) < 4.78 is 25.6. The minimum absolute atomic E-state index is 0.392. The Morgan fingerprint density at radius 2 is 1.11 bits per heavy atom. The number of methoxy groups -OCH3 is 2. The second kappa shape index (κ2) is 20.5. The molecule has 20 heteroatoms. The fourth-order valence-corrected chi connectivity index (χ4v) is 10.5. The molecule has 4 atom stereocenters. The highest BCUT2D eigenvalue weighted by Crippen LogP contribution is 2.45. The van der Waals surface area contributed by atoms with Crippen LogP contribution < -0.4 is 34.5 Å². The third kappa shape index (κ3) is 11.4. The van der Waals surface area contributed by atoms with Crippen molar-refractivity contribution in [1.82, 2.24) is 49.9 Å². The first-order chi connectivity index (χ1) is 31.3. The van der Waals surface area contributed by atoms with E-state index in [1.807, 2.05) is 63.5 Å². The van der Waals surface area contributed by atoms with Gasteiger partial charge in [0.1, 0.15) is 11.5 Å². The van der Waals surface area contributed by atoms with Crippen molar-refractivity contribution in [2.24, 2.45) is 49.4 Å². The Bertz CT molecular complexity index is 2510. The number of fused-ring (bicyclic) bond motifs is 4. The summed E-state index contributed by atoms with van der Waals surface area (Å²) in [5.74, 6) is 6.34. The molecule has 4 unspecified atom stereocenters. The third-order valence-corrected chi connectivity index (χ3v) is 13.4. The number of hydrogen-bond acceptors (Lipinski definition) is 15. The van der Waals surface area contributed by atoms with Gasteiger partial charge in [-0.3, -0.25) is 0 Å². The van der Waals surface area contributed by atoms with Gasteiger partial charge in [-0.1, -0.05) is 23.2 Å². The van der Waals surface area contributed by atoms with E-state index in [2.05, 4.69) is 61.3 Å². The summed E-state index contributed by atoms with van der Waals surface area (Å²) in [5, 5.41) is 25.9. The number of nitrogens with zero attached hydrogens (tertiary/aromatic N) is 12. The molecule has 4 bridgehead atoms. The van der Waals surface area contributed by atoms with Gasteiger partial charge in [0.05, 0.1) is 38.0 Å². The van der Waals surface area contributed by atoms with E-state index in [1.54, 1.807) is 49.0 Å². The van der Waals surface area contributed by atoms with Crippen molar-refractivity contribution in [3.05, 3.63) is 92.7 Å². The average Bonchev–Trinajstić information content (AvgIpc) is 3.90. The molecule has 344 valence electrons. The molecule has 4 fully saturated rings. The summed E-state index contributed by atoms with van der Waals surface area (Å²) in [6, 6.07) is 16.3. The Hall–Kier alpha value is -5.30. The molecule has 0 radical (unpaired) electrons. The maximum absolute atomic E-state index is 6.20. The van der Waals surface area contributed by atoms with Gasteiger partial charge in [-0.2, -0.15) is 25.3 Å². The maximum Gasteiger partial charge on any atom is 0.321 e. The van der Waals surface area contributed by atoms with Crippen LogP contribution in [0.25, 0.3) is 0 Å². The average molecular weight is 992 g/mol. The maximum atomic E-state index is 6.20. The lowest BCUT2D eigenvalue weighted by atomic mass is 9.82. The number of aromatic nitrogens is 10. The SMILES string of the molecule is COc1cc(N2CC3CCC(C2)C3Cc2nc(Oc3cc(C)cc(Cl)c3)n(C)n2)cnn1.COc1cc(N2CC3CCC(C2)C3N)cnn1.Cc1cc(Cl)cc(Oc2nc(Br)nn2C)c1. The highest BCUT2D eigenvalue weighted by Gasteiger charge is 2.43. The number of piperidine rings is 2. The van der Waals surface area contributed by atoms with Crippen molar-refractivity contribution in [2.45, 2.75) is 52.0 Å². The summed E-state index contributed by atoms with van der Waals surface area (Å²) in [5.41, 5.74) is 10.5. The Morgan fingerprint density at radius 1 is 0.646 bits per heavy atom. The van der Waals surface area contributed by atoms with Gasteiger partial charge < -0.3 is 34.5 Å². The second-order valence-corrected chi connectivity index (χ2v) is 18.8. The van der Waals surface area contributed by atoms with Crippen molar-refractivity contribution in [1.29, 1.82) is 0 Å². The van der Waals surface area contributed by atoms with Crippen LogP contribution in [0.3, 0.4) is 0 Å². The van der Waals surface area contributed by atoms with Crippen LogP contribution in [0.2, 0.25) is 10.0 Å². The van der Waals surface area contributed by atoms with E-state index in [4.69, 9.17) is 52.9 Å². The first-order valence-electron chi connectivity index (χ1n) is 21.7. The smallest absolute Gasteiger partial charge is 0.321 e. The van der Waals surface area contributed by atoms with Gasteiger partial charge in [-0.05, 0) is 133 Å². The largest absolute Gasteiger partial charge is 0.480 e. The van der Waals surface area contributed by atoms with Gasteiger partial charge in [0.2, 0.25) is 16.5 Å². The molecule has 2 N–H and O–H groups in total. The second-order valence-electron chi connectivity index (χ2n) is 17.2. The van der Waals surface area contributed by atoms with Gasteiger partial charge in [0.25, 0.3) is 0 Å². The summed E-state index contributed by atoms with van der Waals surface area (Å²) in [7, 11) is 6.85. The summed E-state index contributed by atoms with van der Waals surface area (Å²) >= 11 is 15.3. The van der Waals surface area contributed by atoms with Crippen molar-refractivity contribution in [3.63, 3.8) is 0 Å². The van der Waals surface area contributed by atoms with Crippen LogP contribution in [0.4, 0.5) is 11.4 Å². The van der Waals surface area contributed by atoms with Crippen LogP contribution in [0.15, 0.2) is 65.7 Å². The lowest BCUT2D eigenvalue weighted by Crippen LogP contribution is -2.48. The molecule has 65 heavy (non-hydrogen) atoms. The normalized spacial score (nSPS) is 21.8. The van der Waals surface area contributed by atoms with Crippen LogP contribution in [0.5, 0.6) is 35.3 Å². The molecule has 0 spiro atoms. The van der Waals surface area contributed by atoms with Crippen molar-refractivity contribution < 1.29 is 18.9 Å². The quantitative estimate of drug-likeness (QED) is 0.139. The molecule has 10 rings (SSSR count). The minimum Gasteiger partial charge on any atom is -0.480 e. The number of aryl methyl sites for hydroxylation is 4. The topological polar surface area (TPSA) is 182 Å². The number of benzene rings is 2. The van der Waals surface area contributed by atoms with Gasteiger partial charge in [-0.15, -0.1) is 15.3 Å². The van der Waals surface area contributed by atoms with Gasteiger partial charge in [0.15, 0.2) is 5.82 Å². The van der Waals surface area contributed by atoms with Crippen molar-refractivity contribution >= 4 is 50.5 Å². The summed E-state index contributed by atoms with van der Waals surface area (Å²) in [6.07, 6.45) is 9.49. The molecule has 2 aliphatic carbocycles. The zero-order chi connectivity index (χ0) is 45.8. The molecule has 4 aliphatic rings. The number of halogens is 3. The Labute approximate surface area is 397 Å². The predicted molar refractivity (Wildman–Crippen MR) is 251 cm³/mol. The number of anilines is 2. The van der Waals surface area contributed by atoms with Gasteiger partial charge in [-0.25, -0.2) is 9.36 Å². The highest BCUT2D eigenvalue weighted by molar-refractivity contribution is 9.10. The van der Waals surface area contributed by atoms with Crippen molar-refractivity contribution in [2.75, 3.05) is 50.2 Å². The minimum atomic E-state index is 0.392. The number of rotatable bonds is 10. The molecule has 2 saturated carbocycles. The molecule has 2 aromatic carbocycles. The van der Waals surface area contributed by atoms with E-state index in [0.717, 1.165) is 60.9 Å². The fraction of sp³-hybridized carbons (Fsp3) is 0.467. The Morgan fingerprint density at radius 3 is 1.57 bits per heavy atom. The van der Waals surface area contributed by atoms with Crippen LogP contribution in [-0.4, -0.2) is 96.4 Å². The summed E-state index contributed by atoms with van der Waals surface area (Å²) in [6.45, 7) is 8.02. The number of hydrogen-bond donors (Lipinski definition) is 1. The first kappa shape index (κ1) is 46.2. The van der Waals surface area contributed by atoms with Gasteiger partial charge in [0, 0.05) is 74.9 Å². The molecule has 2 aliphatic heterocycles. The molecule has 17 nitrogen and oxygen atoms in total. The highest BCUT2D eigenvalue weighted by atomic mass is 79.9. The Balaban J connectivity index is 0.000000147. The zero-order valence-electron chi connectivity index (χ0n) is 37.3. The van der Waals surface area contributed by atoms with E-state index in [-0.39, 0.29) is 0 Å². The molecular formula is C45H54BrCl2N13O4. The molecule has 4 aromatic heterocycles. The van der Waals surface area contributed by atoms with Crippen molar-refractivity contribution in [3.8, 4) is 35.3 Å². The van der Waals surface area contributed by atoms with E-state index in [9.17, 15) is 0 Å². The van der Waals surface area contributed by atoms with E-state index in [1.165, 1.54) is 25.7 Å². The third-order valence-electron chi connectivity index (χ3n) is 12.7. The van der Waals surface area contributed by atoms with E-state index < -0.39 is 0 Å². The van der Waals surface area contributed by atoms with Crippen LogP contribution in [0, 0.1) is 43.4 Å². The van der Waals surface area contributed by atoms with Crippen LogP contribution in [-0.2, 0) is 20.5 Å². The lowest BCUT2D eigenvalue weighted by Gasteiger charge is -2.38. The fourth-order valence-electron chi connectivity index (χ4n) is 9.55. The number of nitrogens with two attached hydrogens (primary N) is 1.